The maximum absolute atomic E-state index is 12.8. The van der Waals surface area contributed by atoms with E-state index in [1.54, 1.807) is 30.3 Å². The van der Waals surface area contributed by atoms with Crippen LogP contribution in [-0.2, 0) is 14.8 Å². The van der Waals surface area contributed by atoms with Gasteiger partial charge in [-0.2, -0.15) is 0 Å². The molecule has 0 aliphatic heterocycles. The first-order chi connectivity index (χ1) is 12.4. The highest BCUT2D eigenvalue weighted by molar-refractivity contribution is 7.92. The molecule has 3 N–H and O–H groups in total. The Morgan fingerprint density at radius 1 is 1.15 bits per heavy atom. The molecule has 0 spiro atoms. The van der Waals surface area contributed by atoms with Crippen LogP contribution in [-0.4, -0.2) is 39.3 Å². The second-order valence-corrected chi connectivity index (χ2v) is 7.12. The van der Waals surface area contributed by atoms with Crippen LogP contribution < -0.4 is 10.0 Å². The molecule has 0 aliphatic carbocycles. The smallest absolute Gasteiger partial charge is 0.335 e. The van der Waals surface area contributed by atoms with Crippen molar-refractivity contribution < 1.29 is 23.1 Å². The van der Waals surface area contributed by atoms with Gasteiger partial charge < -0.3 is 15.2 Å². The molecule has 2 rings (SSSR count). The summed E-state index contributed by atoms with van der Waals surface area (Å²) in [5.41, 5.74) is 0.642. The normalized spacial score (nSPS) is 11.1. The van der Waals surface area contributed by atoms with Gasteiger partial charge in [-0.3, -0.25) is 4.72 Å². The number of nitrogens with one attached hydrogen (secondary N) is 2. The highest BCUT2D eigenvalue weighted by atomic mass is 32.2. The van der Waals surface area contributed by atoms with Gasteiger partial charge in [0.05, 0.1) is 11.3 Å². The van der Waals surface area contributed by atoms with Gasteiger partial charge in [0.15, 0.2) is 0 Å². The summed E-state index contributed by atoms with van der Waals surface area (Å²) in [5.74, 6) is -1.19. The van der Waals surface area contributed by atoms with Gasteiger partial charge in [0, 0.05) is 25.4 Å². The van der Waals surface area contributed by atoms with Crippen LogP contribution in [0.4, 0.5) is 11.4 Å². The fourth-order valence-electron chi connectivity index (χ4n) is 2.28. The van der Waals surface area contributed by atoms with Crippen LogP contribution in [0.3, 0.4) is 0 Å². The number of carboxylic acid groups (broad SMARTS) is 1. The van der Waals surface area contributed by atoms with Gasteiger partial charge in [0.25, 0.3) is 10.0 Å². The SMILES string of the molecule is CCOCCCNc1ccc(C(=O)O)cc1S(=O)(=O)Nc1ccccc1. The zero-order valence-electron chi connectivity index (χ0n) is 14.4. The fraction of sp³-hybridized carbons (Fsp3) is 0.278. The molecular formula is C18H22N2O5S. The Balaban J connectivity index is 2.27. The molecule has 7 nitrogen and oxygen atoms in total. The molecule has 0 unspecified atom stereocenters. The average molecular weight is 378 g/mol. The zero-order valence-corrected chi connectivity index (χ0v) is 15.3. The number of hydrogen-bond donors (Lipinski definition) is 3. The maximum Gasteiger partial charge on any atom is 0.335 e. The molecule has 140 valence electrons. The number of aromatic carboxylic acids is 1. The van der Waals surface area contributed by atoms with Crippen LogP contribution >= 0.6 is 0 Å². The molecule has 0 aliphatic rings. The number of hydrogen-bond acceptors (Lipinski definition) is 5. The molecule has 2 aromatic carbocycles. The molecule has 0 heterocycles. The predicted molar refractivity (Wildman–Crippen MR) is 100 cm³/mol. The minimum Gasteiger partial charge on any atom is -0.478 e. The fourth-order valence-corrected chi connectivity index (χ4v) is 3.55. The van der Waals surface area contributed by atoms with Crippen LogP contribution in [0.2, 0.25) is 0 Å². The Morgan fingerprint density at radius 2 is 1.88 bits per heavy atom. The van der Waals surface area contributed by atoms with Crippen LogP contribution in [0.15, 0.2) is 53.4 Å². The number of carbonyl (C=O) groups is 1. The van der Waals surface area contributed by atoms with E-state index in [0.717, 1.165) is 6.07 Å². The van der Waals surface area contributed by atoms with Crippen molar-refractivity contribution in [3.8, 4) is 0 Å². The molecule has 2 aromatic rings. The van der Waals surface area contributed by atoms with Gasteiger partial charge in [-0.1, -0.05) is 18.2 Å². The third-order valence-electron chi connectivity index (χ3n) is 3.53. The van der Waals surface area contributed by atoms with Crippen LogP contribution in [0.25, 0.3) is 0 Å². The van der Waals surface area contributed by atoms with Crippen molar-refractivity contribution >= 4 is 27.4 Å². The van der Waals surface area contributed by atoms with E-state index in [9.17, 15) is 18.3 Å². The topological polar surface area (TPSA) is 105 Å². The Bertz CT molecular complexity index is 838. The first kappa shape index (κ1) is 19.7. The Kier molecular flexibility index (Phi) is 6.99. The monoisotopic (exact) mass is 378 g/mol. The number of sulfonamides is 1. The molecule has 0 bridgehead atoms. The predicted octanol–water partition coefficient (Wildman–Crippen LogP) is 3.02. The van der Waals surface area contributed by atoms with Crippen LogP contribution in [0, 0.1) is 0 Å². The van der Waals surface area contributed by atoms with E-state index in [1.165, 1.54) is 12.1 Å². The lowest BCUT2D eigenvalue weighted by Gasteiger charge is -2.15. The second kappa shape index (κ2) is 9.21. The van der Waals surface area contributed by atoms with Gasteiger partial charge in [-0.15, -0.1) is 0 Å². The minimum atomic E-state index is -3.95. The van der Waals surface area contributed by atoms with Gasteiger partial charge in [-0.25, -0.2) is 13.2 Å². The number of benzene rings is 2. The number of rotatable bonds is 10. The summed E-state index contributed by atoms with van der Waals surface area (Å²) in [4.78, 5) is 11.1. The minimum absolute atomic E-state index is 0.0988. The van der Waals surface area contributed by atoms with Gasteiger partial charge in [0.1, 0.15) is 4.90 Å². The maximum atomic E-state index is 12.8. The van der Waals surface area contributed by atoms with Gasteiger partial charge >= 0.3 is 5.97 Å². The molecule has 0 fully saturated rings. The molecule has 0 amide bonds. The molecule has 0 saturated carbocycles. The van der Waals surface area contributed by atoms with E-state index >= 15 is 0 Å². The molecule has 0 radical (unpaired) electrons. The number of para-hydroxylation sites is 1. The van der Waals surface area contributed by atoms with Crippen molar-refractivity contribution in [2.75, 3.05) is 29.8 Å². The third-order valence-corrected chi connectivity index (χ3v) is 4.95. The highest BCUT2D eigenvalue weighted by Gasteiger charge is 2.21. The molecule has 0 saturated heterocycles. The lowest BCUT2D eigenvalue weighted by molar-refractivity contribution is 0.0696. The summed E-state index contributed by atoms with van der Waals surface area (Å²) in [6, 6.07) is 12.4. The Morgan fingerprint density at radius 3 is 2.54 bits per heavy atom. The van der Waals surface area contributed by atoms with Crippen LogP contribution in [0.1, 0.15) is 23.7 Å². The number of anilines is 2. The summed E-state index contributed by atoms with van der Waals surface area (Å²) in [6.07, 6.45) is 0.695. The third kappa shape index (κ3) is 5.47. The largest absolute Gasteiger partial charge is 0.478 e. The summed E-state index contributed by atoms with van der Waals surface area (Å²) in [6.45, 7) is 3.58. The van der Waals surface area contributed by atoms with Crippen molar-refractivity contribution in [2.24, 2.45) is 0 Å². The van der Waals surface area contributed by atoms with E-state index < -0.39 is 16.0 Å². The standard InChI is InChI=1S/C18H22N2O5S/c1-2-25-12-6-11-19-16-10-9-14(18(21)22)13-17(16)26(23,24)20-15-7-4-3-5-8-15/h3-5,7-10,13,19-20H,2,6,11-12H2,1H3,(H,21,22). The number of ether oxygens (including phenoxy) is 1. The number of carboxylic acids is 1. The first-order valence-corrected chi connectivity index (χ1v) is 9.69. The van der Waals surface area contributed by atoms with Crippen LogP contribution in [0.5, 0.6) is 0 Å². The Labute approximate surface area is 153 Å². The molecule has 8 heteroatoms. The van der Waals surface area contributed by atoms with Crippen molar-refractivity contribution in [3.63, 3.8) is 0 Å². The summed E-state index contributed by atoms with van der Waals surface area (Å²) in [7, 11) is -3.95. The van der Waals surface area contributed by atoms with Crippen molar-refractivity contribution in [3.05, 3.63) is 54.1 Å². The van der Waals surface area contributed by atoms with E-state index in [2.05, 4.69) is 10.0 Å². The molecule has 26 heavy (non-hydrogen) atoms. The molecule has 0 atom stereocenters. The average Bonchev–Trinajstić information content (AvgIpc) is 2.62. The van der Waals surface area contributed by atoms with Crippen molar-refractivity contribution in [2.45, 2.75) is 18.2 Å². The van der Waals surface area contributed by atoms with E-state index in [0.29, 0.717) is 37.6 Å². The van der Waals surface area contributed by atoms with Gasteiger partial charge in [-0.05, 0) is 43.7 Å². The molecular weight excluding hydrogens is 356 g/mol. The Hall–Kier alpha value is -2.58. The first-order valence-electron chi connectivity index (χ1n) is 8.21. The zero-order chi connectivity index (χ0) is 19.0. The van der Waals surface area contributed by atoms with Crippen molar-refractivity contribution in [1.29, 1.82) is 0 Å². The van der Waals surface area contributed by atoms with E-state index in [1.807, 2.05) is 6.92 Å². The lowest BCUT2D eigenvalue weighted by atomic mass is 10.2. The second-order valence-electron chi connectivity index (χ2n) is 5.46. The quantitative estimate of drug-likeness (QED) is 0.549. The van der Waals surface area contributed by atoms with Gasteiger partial charge in [0.2, 0.25) is 0 Å². The highest BCUT2D eigenvalue weighted by Crippen LogP contribution is 2.25. The molecule has 0 aromatic heterocycles. The summed E-state index contributed by atoms with van der Waals surface area (Å²) in [5, 5.41) is 12.2. The summed E-state index contributed by atoms with van der Waals surface area (Å²) >= 11 is 0. The van der Waals surface area contributed by atoms with E-state index in [-0.39, 0.29) is 10.5 Å². The summed E-state index contributed by atoms with van der Waals surface area (Å²) < 4.78 is 33.2. The van der Waals surface area contributed by atoms with Crippen molar-refractivity contribution in [1.82, 2.24) is 0 Å². The van der Waals surface area contributed by atoms with E-state index in [4.69, 9.17) is 4.74 Å². The lowest BCUT2D eigenvalue weighted by Crippen LogP contribution is -2.17.